The molecule has 2 aromatic carbocycles. The molecule has 8 nitrogen and oxygen atoms in total. The van der Waals surface area contributed by atoms with Crippen molar-refractivity contribution >= 4 is 39.2 Å². The first-order chi connectivity index (χ1) is 17.9. The molecule has 0 spiro atoms. The summed E-state index contributed by atoms with van der Waals surface area (Å²) >= 11 is 6.28. The molecule has 2 aromatic rings. The molecule has 0 saturated carbocycles. The highest BCUT2D eigenvalue weighted by atomic mass is 35.5. The third-order valence-corrected chi connectivity index (χ3v) is 9.11. The molecular formula is C27H24ClFN4O4S. The van der Waals surface area contributed by atoms with Crippen LogP contribution in [0.25, 0.3) is 0 Å². The van der Waals surface area contributed by atoms with Crippen molar-refractivity contribution in [1.29, 1.82) is 0 Å². The fraction of sp³-hybridized carbons (Fsp3) is 0.296. The van der Waals surface area contributed by atoms with Gasteiger partial charge in [0.25, 0.3) is 0 Å². The van der Waals surface area contributed by atoms with Crippen molar-refractivity contribution in [1.82, 2.24) is 15.1 Å². The summed E-state index contributed by atoms with van der Waals surface area (Å²) in [5.74, 6) is -1.18. The van der Waals surface area contributed by atoms with Gasteiger partial charge in [0.15, 0.2) is 9.84 Å². The smallest absolute Gasteiger partial charge is 0.326 e. The first-order valence-electron chi connectivity index (χ1n) is 12.1. The molecule has 0 radical (unpaired) electrons. The maximum atomic E-state index is 15.5. The Morgan fingerprint density at radius 2 is 1.87 bits per heavy atom. The Labute approximate surface area is 224 Å². The Kier molecular flexibility index (Phi) is 5.39. The van der Waals surface area contributed by atoms with Crippen LogP contribution >= 0.6 is 11.6 Å². The van der Waals surface area contributed by atoms with Crippen LogP contribution in [0, 0.1) is 11.3 Å². The molecule has 4 unspecified atom stereocenters. The van der Waals surface area contributed by atoms with Crippen molar-refractivity contribution in [2.45, 2.75) is 30.8 Å². The number of sulfone groups is 1. The molecule has 6 rings (SSSR count). The summed E-state index contributed by atoms with van der Waals surface area (Å²) < 4.78 is 39.6. The van der Waals surface area contributed by atoms with Crippen molar-refractivity contribution in [3.8, 4) is 0 Å². The monoisotopic (exact) mass is 554 g/mol. The van der Waals surface area contributed by atoms with E-state index in [4.69, 9.17) is 16.6 Å². The van der Waals surface area contributed by atoms with E-state index in [1.165, 1.54) is 28.0 Å². The summed E-state index contributed by atoms with van der Waals surface area (Å²) in [6.07, 6.45) is 2.66. The van der Waals surface area contributed by atoms with Gasteiger partial charge in [-0.05, 0) is 42.8 Å². The standard InChI is InChI=1S/C27H24ClFN4O4S/c1-14-19(29)12-27(2)23-21(14)30-20(34)13-32(23)26(35)33-24(27)22(15-7-9-18(10-8-15)38(3,36)37)31-25(33)16-5-4-6-17(28)11-16/h4-12,14,22,24H,13H2,1-3H3,(H,30,34). The van der Waals surface area contributed by atoms with Crippen LogP contribution in [0.3, 0.4) is 0 Å². The minimum atomic E-state index is -3.42. The van der Waals surface area contributed by atoms with Gasteiger partial charge in [-0.15, -0.1) is 0 Å². The highest BCUT2D eigenvalue weighted by Gasteiger charge is 2.61. The van der Waals surface area contributed by atoms with Crippen LogP contribution in [-0.2, 0) is 14.6 Å². The molecule has 3 heterocycles. The quantitative estimate of drug-likeness (QED) is 0.614. The number of hydrogen-bond acceptors (Lipinski definition) is 5. The number of nitrogens with one attached hydrogen (secondary N) is 1. The molecule has 3 amide bonds. The van der Waals surface area contributed by atoms with Gasteiger partial charge in [-0.1, -0.05) is 42.8 Å². The number of rotatable bonds is 3. The summed E-state index contributed by atoms with van der Waals surface area (Å²) in [6.45, 7) is 3.30. The predicted octanol–water partition coefficient (Wildman–Crippen LogP) is 4.20. The van der Waals surface area contributed by atoms with Gasteiger partial charge < -0.3 is 5.32 Å². The minimum absolute atomic E-state index is 0.157. The number of benzene rings is 2. The van der Waals surface area contributed by atoms with E-state index in [9.17, 15) is 18.0 Å². The maximum absolute atomic E-state index is 15.5. The average Bonchev–Trinajstić information content (AvgIpc) is 3.27. The number of amidine groups is 1. The van der Waals surface area contributed by atoms with E-state index >= 15 is 4.39 Å². The number of aliphatic imine (C=N–C) groups is 1. The number of nitrogens with zero attached hydrogens (tertiary/aromatic N) is 3. The van der Waals surface area contributed by atoms with Crippen LogP contribution in [0.15, 0.2) is 81.7 Å². The van der Waals surface area contributed by atoms with Crippen molar-refractivity contribution in [2.24, 2.45) is 16.3 Å². The first kappa shape index (κ1) is 24.8. The molecule has 3 aliphatic heterocycles. The molecule has 196 valence electrons. The highest BCUT2D eigenvalue weighted by molar-refractivity contribution is 7.90. The van der Waals surface area contributed by atoms with Crippen LogP contribution in [0.4, 0.5) is 9.18 Å². The van der Waals surface area contributed by atoms with Crippen molar-refractivity contribution < 1.29 is 22.4 Å². The van der Waals surface area contributed by atoms with E-state index < -0.39 is 51.0 Å². The minimum Gasteiger partial charge on any atom is -0.326 e. The lowest BCUT2D eigenvalue weighted by Gasteiger charge is -2.54. The Morgan fingerprint density at radius 3 is 2.53 bits per heavy atom. The van der Waals surface area contributed by atoms with Crippen molar-refractivity contribution in [3.05, 3.63) is 88.0 Å². The molecule has 1 aliphatic carbocycles. The fourth-order valence-corrected chi connectivity index (χ4v) is 6.82. The van der Waals surface area contributed by atoms with Crippen LogP contribution in [0.1, 0.15) is 31.0 Å². The SMILES string of the molecule is CC1C(F)=CC2(C)C3=C1NC(=O)CN3C(=O)N1C(c3cccc(Cl)c3)=NC(c3ccc(S(C)(=O)=O)cc3)C12. The Hall–Kier alpha value is -3.50. The van der Waals surface area contributed by atoms with Crippen molar-refractivity contribution in [2.75, 3.05) is 12.8 Å². The van der Waals surface area contributed by atoms with E-state index in [2.05, 4.69) is 5.32 Å². The Bertz CT molecular complexity index is 1620. The third-order valence-electron chi connectivity index (χ3n) is 7.75. The van der Waals surface area contributed by atoms with Gasteiger partial charge in [0.2, 0.25) is 5.91 Å². The molecule has 0 aromatic heterocycles. The molecule has 1 saturated heterocycles. The number of allylic oxidation sites excluding steroid dienone is 1. The van der Waals surface area contributed by atoms with E-state index in [-0.39, 0.29) is 11.4 Å². The van der Waals surface area contributed by atoms with Crippen molar-refractivity contribution in [3.63, 3.8) is 0 Å². The summed E-state index contributed by atoms with van der Waals surface area (Å²) in [6, 6.07) is 11.5. The molecule has 38 heavy (non-hydrogen) atoms. The molecule has 11 heteroatoms. The molecule has 4 aliphatic rings. The summed E-state index contributed by atoms with van der Waals surface area (Å²) in [5, 5.41) is 3.26. The lowest BCUT2D eigenvalue weighted by atomic mass is 9.67. The van der Waals surface area contributed by atoms with E-state index in [1.54, 1.807) is 43.3 Å². The summed E-state index contributed by atoms with van der Waals surface area (Å²) in [4.78, 5) is 34.8. The zero-order chi connectivity index (χ0) is 27.1. The number of hydrogen-bond donors (Lipinski definition) is 1. The fourth-order valence-electron chi connectivity index (χ4n) is 6.00. The van der Waals surface area contributed by atoms with Gasteiger partial charge in [0.05, 0.1) is 28.1 Å². The van der Waals surface area contributed by atoms with Gasteiger partial charge in [-0.2, -0.15) is 0 Å². The largest absolute Gasteiger partial charge is 0.330 e. The second-order valence-corrected chi connectivity index (χ2v) is 12.7. The lowest BCUT2D eigenvalue weighted by Crippen LogP contribution is -2.66. The number of carbonyl (C=O) groups is 2. The normalized spacial score (nSPS) is 28.5. The number of urea groups is 1. The number of amides is 3. The highest BCUT2D eigenvalue weighted by Crippen LogP contribution is 2.56. The van der Waals surface area contributed by atoms with Gasteiger partial charge >= 0.3 is 6.03 Å². The van der Waals surface area contributed by atoms with Crippen LogP contribution < -0.4 is 5.32 Å². The number of carbonyl (C=O) groups excluding carboxylic acids is 2. The second kappa shape index (κ2) is 8.25. The zero-order valence-electron chi connectivity index (χ0n) is 20.8. The van der Waals surface area contributed by atoms with E-state index in [0.717, 1.165) is 6.26 Å². The van der Waals surface area contributed by atoms with E-state index in [0.29, 0.717) is 33.4 Å². The Balaban J connectivity index is 1.59. The van der Waals surface area contributed by atoms with Gasteiger partial charge in [-0.25, -0.2) is 17.6 Å². The van der Waals surface area contributed by atoms with Crippen LogP contribution in [-0.4, -0.2) is 54.8 Å². The third kappa shape index (κ3) is 3.54. The summed E-state index contributed by atoms with van der Waals surface area (Å²) in [5.41, 5.74) is 1.13. The predicted molar refractivity (Wildman–Crippen MR) is 140 cm³/mol. The maximum Gasteiger partial charge on any atom is 0.330 e. The first-order valence-corrected chi connectivity index (χ1v) is 14.3. The molecule has 4 atom stereocenters. The summed E-state index contributed by atoms with van der Waals surface area (Å²) in [7, 11) is -3.42. The topological polar surface area (TPSA) is 99.2 Å². The number of halogens is 2. The average molecular weight is 555 g/mol. The zero-order valence-corrected chi connectivity index (χ0v) is 22.3. The van der Waals surface area contributed by atoms with Crippen LogP contribution in [0.5, 0.6) is 0 Å². The lowest BCUT2D eigenvalue weighted by molar-refractivity contribution is -0.122. The van der Waals surface area contributed by atoms with Gasteiger partial charge in [0, 0.05) is 28.5 Å². The van der Waals surface area contributed by atoms with E-state index in [1.807, 2.05) is 6.92 Å². The van der Waals surface area contributed by atoms with Crippen LogP contribution in [0.2, 0.25) is 5.02 Å². The molecular weight excluding hydrogens is 531 g/mol. The molecule has 0 bridgehead atoms. The second-order valence-electron chi connectivity index (χ2n) is 10.3. The molecule has 1 fully saturated rings. The Morgan fingerprint density at radius 1 is 1.16 bits per heavy atom. The molecule has 1 N–H and O–H groups in total. The van der Waals surface area contributed by atoms with Gasteiger partial charge in [-0.3, -0.25) is 19.6 Å². The number of fused-ring (bicyclic) bond motifs is 2. The van der Waals surface area contributed by atoms with Gasteiger partial charge in [0.1, 0.15) is 18.2 Å².